The first-order valence-electron chi connectivity index (χ1n) is 6.97. The Morgan fingerprint density at radius 2 is 2.17 bits per heavy atom. The van der Waals surface area contributed by atoms with Crippen molar-refractivity contribution in [1.29, 1.82) is 0 Å². The molecule has 104 valence electrons. The molecule has 4 nitrogen and oxygen atoms in total. The second-order valence-electron chi connectivity index (χ2n) is 4.79. The Balaban J connectivity index is 2.45. The molecular weight excluding hydrogens is 226 g/mol. The molecular formula is C14H27N3O. The van der Waals surface area contributed by atoms with Crippen LogP contribution in [0.25, 0.3) is 0 Å². The molecule has 0 aliphatic heterocycles. The van der Waals surface area contributed by atoms with Crippen LogP contribution >= 0.6 is 0 Å². The van der Waals surface area contributed by atoms with Gasteiger partial charge in [0, 0.05) is 25.9 Å². The van der Waals surface area contributed by atoms with Gasteiger partial charge in [0.2, 0.25) is 0 Å². The third-order valence-electron chi connectivity index (χ3n) is 3.31. The molecule has 2 atom stereocenters. The fourth-order valence-electron chi connectivity index (χ4n) is 2.09. The number of aryl methyl sites for hydroxylation is 1. The normalized spacial score (nSPS) is 14.7. The van der Waals surface area contributed by atoms with Gasteiger partial charge < -0.3 is 10.1 Å². The van der Waals surface area contributed by atoms with Gasteiger partial charge >= 0.3 is 0 Å². The van der Waals surface area contributed by atoms with Crippen molar-refractivity contribution >= 4 is 0 Å². The molecule has 0 bridgehead atoms. The van der Waals surface area contributed by atoms with Crippen molar-refractivity contribution in [1.82, 2.24) is 15.1 Å². The lowest BCUT2D eigenvalue weighted by molar-refractivity contribution is 0.106. The molecule has 18 heavy (non-hydrogen) atoms. The number of nitrogens with zero attached hydrogens (tertiary/aromatic N) is 2. The molecule has 0 aliphatic rings. The van der Waals surface area contributed by atoms with E-state index in [2.05, 4.69) is 37.4 Å². The predicted octanol–water partition coefficient (Wildman–Crippen LogP) is 2.24. The van der Waals surface area contributed by atoms with Crippen LogP contribution in [-0.2, 0) is 17.7 Å². The minimum atomic E-state index is 0.338. The van der Waals surface area contributed by atoms with Crippen LogP contribution < -0.4 is 5.32 Å². The highest BCUT2D eigenvalue weighted by atomic mass is 16.5. The molecule has 0 amide bonds. The molecule has 0 aliphatic carbocycles. The highest BCUT2D eigenvalue weighted by Gasteiger charge is 2.11. The van der Waals surface area contributed by atoms with E-state index in [0.29, 0.717) is 12.1 Å². The lowest BCUT2D eigenvalue weighted by Gasteiger charge is -2.19. The number of methoxy groups -OCH3 is 1. The first-order valence-corrected chi connectivity index (χ1v) is 6.97. The van der Waals surface area contributed by atoms with Gasteiger partial charge in [-0.1, -0.05) is 6.92 Å². The van der Waals surface area contributed by atoms with Gasteiger partial charge in [0.25, 0.3) is 0 Å². The summed E-state index contributed by atoms with van der Waals surface area (Å²) in [6, 6.07) is 0.516. The van der Waals surface area contributed by atoms with Crippen LogP contribution in [0.15, 0.2) is 12.4 Å². The van der Waals surface area contributed by atoms with Crippen LogP contribution in [0.2, 0.25) is 0 Å². The molecule has 0 aromatic carbocycles. The van der Waals surface area contributed by atoms with E-state index in [9.17, 15) is 0 Å². The van der Waals surface area contributed by atoms with Crippen LogP contribution in [0.3, 0.4) is 0 Å². The Morgan fingerprint density at radius 1 is 1.39 bits per heavy atom. The Bertz CT molecular complexity index is 325. The van der Waals surface area contributed by atoms with Gasteiger partial charge in [-0.3, -0.25) is 4.68 Å². The lowest BCUT2D eigenvalue weighted by Crippen LogP contribution is -2.31. The van der Waals surface area contributed by atoms with Crippen molar-refractivity contribution < 1.29 is 4.74 Å². The van der Waals surface area contributed by atoms with E-state index in [1.807, 2.05) is 10.9 Å². The summed E-state index contributed by atoms with van der Waals surface area (Å²) in [5, 5.41) is 7.87. The van der Waals surface area contributed by atoms with Crippen molar-refractivity contribution in [2.45, 2.75) is 58.7 Å². The molecule has 1 heterocycles. The quantitative estimate of drug-likeness (QED) is 0.733. The molecule has 0 radical (unpaired) electrons. The summed E-state index contributed by atoms with van der Waals surface area (Å²) in [5.74, 6) is 0. The van der Waals surface area contributed by atoms with Crippen LogP contribution in [0.1, 0.15) is 39.2 Å². The first-order chi connectivity index (χ1) is 8.69. The summed E-state index contributed by atoms with van der Waals surface area (Å²) in [4.78, 5) is 0. The Kier molecular flexibility index (Phi) is 6.98. The molecule has 4 heteroatoms. The maximum Gasteiger partial charge on any atom is 0.0543 e. The third-order valence-corrected chi connectivity index (χ3v) is 3.31. The average Bonchev–Trinajstić information content (AvgIpc) is 2.83. The summed E-state index contributed by atoms with van der Waals surface area (Å²) in [7, 11) is 1.78. The van der Waals surface area contributed by atoms with Gasteiger partial charge in [-0.2, -0.15) is 5.10 Å². The predicted molar refractivity (Wildman–Crippen MR) is 74.8 cm³/mol. The Labute approximate surface area is 111 Å². The maximum atomic E-state index is 5.31. The van der Waals surface area contributed by atoms with E-state index in [0.717, 1.165) is 32.4 Å². The molecule has 2 unspecified atom stereocenters. The second-order valence-corrected chi connectivity index (χ2v) is 4.79. The van der Waals surface area contributed by atoms with E-state index >= 15 is 0 Å². The van der Waals surface area contributed by atoms with E-state index in [1.54, 1.807) is 7.11 Å². The third kappa shape index (κ3) is 5.19. The SMILES string of the molecule is CCNC(CCC(C)OC)Cc1cnn(CC)c1. The smallest absolute Gasteiger partial charge is 0.0543 e. The van der Waals surface area contributed by atoms with E-state index in [4.69, 9.17) is 4.74 Å². The Hall–Kier alpha value is -0.870. The number of aromatic nitrogens is 2. The summed E-state index contributed by atoms with van der Waals surface area (Å²) in [6.07, 6.45) is 7.74. The topological polar surface area (TPSA) is 39.1 Å². The molecule has 1 N–H and O–H groups in total. The minimum Gasteiger partial charge on any atom is -0.382 e. The maximum absolute atomic E-state index is 5.31. The molecule has 0 saturated carbocycles. The van der Waals surface area contributed by atoms with Crippen LogP contribution in [-0.4, -0.2) is 35.6 Å². The fraction of sp³-hybridized carbons (Fsp3) is 0.786. The van der Waals surface area contributed by atoms with E-state index in [-0.39, 0.29) is 0 Å². The largest absolute Gasteiger partial charge is 0.382 e. The molecule has 0 saturated heterocycles. The molecule has 0 spiro atoms. The highest BCUT2D eigenvalue weighted by Crippen LogP contribution is 2.10. The van der Waals surface area contributed by atoms with E-state index < -0.39 is 0 Å². The van der Waals surface area contributed by atoms with Crippen LogP contribution in [0.4, 0.5) is 0 Å². The minimum absolute atomic E-state index is 0.338. The lowest BCUT2D eigenvalue weighted by atomic mass is 10.0. The van der Waals surface area contributed by atoms with Crippen molar-refractivity contribution in [3.8, 4) is 0 Å². The van der Waals surface area contributed by atoms with E-state index in [1.165, 1.54) is 5.56 Å². The Morgan fingerprint density at radius 3 is 2.72 bits per heavy atom. The van der Waals surface area contributed by atoms with Crippen molar-refractivity contribution in [3.63, 3.8) is 0 Å². The number of hydrogen-bond donors (Lipinski definition) is 1. The van der Waals surface area contributed by atoms with Crippen molar-refractivity contribution in [2.75, 3.05) is 13.7 Å². The van der Waals surface area contributed by atoms with Crippen molar-refractivity contribution in [2.24, 2.45) is 0 Å². The molecule has 1 aromatic heterocycles. The monoisotopic (exact) mass is 253 g/mol. The van der Waals surface area contributed by atoms with Gasteiger partial charge in [-0.05, 0) is 45.2 Å². The molecule has 1 rings (SSSR count). The number of ether oxygens (including phenoxy) is 1. The first kappa shape index (κ1) is 15.2. The van der Waals surface area contributed by atoms with Gasteiger partial charge in [0.1, 0.15) is 0 Å². The highest BCUT2D eigenvalue weighted by molar-refractivity contribution is 5.06. The van der Waals surface area contributed by atoms with Crippen molar-refractivity contribution in [3.05, 3.63) is 18.0 Å². The summed E-state index contributed by atoms with van der Waals surface area (Å²) >= 11 is 0. The van der Waals surface area contributed by atoms with Gasteiger partial charge in [0.05, 0.1) is 12.3 Å². The summed E-state index contributed by atoms with van der Waals surface area (Å²) in [6.45, 7) is 8.33. The summed E-state index contributed by atoms with van der Waals surface area (Å²) in [5.41, 5.74) is 1.31. The molecule has 0 fully saturated rings. The number of nitrogens with one attached hydrogen (secondary N) is 1. The number of likely N-dealkylation sites (N-methyl/N-ethyl adjacent to an activating group) is 1. The fourth-order valence-corrected chi connectivity index (χ4v) is 2.09. The zero-order valence-corrected chi connectivity index (χ0v) is 12.1. The zero-order chi connectivity index (χ0) is 13.4. The standard InChI is InChI=1S/C14H27N3O/c1-5-15-14(8-7-12(3)18-4)9-13-10-16-17(6-2)11-13/h10-12,14-15H,5-9H2,1-4H3. The second kappa shape index (κ2) is 8.27. The van der Waals surface area contributed by atoms with Crippen LogP contribution in [0.5, 0.6) is 0 Å². The molecule has 1 aromatic rings. The average molecular weight is 253 g/mol. The number of hydrogen-bond acceptors (Lipinski definition) is 3. The zero-order valence-electron chi connectivity index (χ0n) is 12.1. The van der Waals surface area contributed by atoms with Gasteiger partial charge in [-0.15, -0.1) is 0 Å². The van der Waals surface area contributed by atoms with Crippen LogP contribution in [0, 0.1) is 0 Å². The summed E-state index contributed by atoms with van der Waals surface area (Å²) < 4.78 is 7.29. The van der Waals surface area contributed by atoms with Gasteiger partial charge in [0.15, 0.2) is 0 Å². The van der Waals surface area contributed by atoms with Gasteiger partial charge in [-0.25, -0.2) is 0 Å². The number of rotatable bonds is 9.